The zero-order valence-corrected chi connectivity index (χ0v) is 11.0. The molecular weight excluding hydrogens is 256 g/mol. The van der Waals surface area contributed by atoms with Crippen molar-refractivity contribution in [2.24, 2.45) is 0 Å². The molecule has 0 aromatic heterocycles. The third-order valence-electron chi connectivity index (χ3n) is 3.47. The first-order chi connectivity index (χ1) is 9.69. The van der Waals surface area contributed by atoms with E-state index in [1.54, 1.807) is 49.6 Å². The molecule has 0 radical (unpaired) electrons. The summed E-state index contributed by atoms with van der Waals surface area (Å²) >= 11 is 0. The van der Waals surface area contributed by atoms with Crippen LogP contribution in [0.1, 0.15) is 21.8 Å². The first-order valence-corrected chi connectivity index (χ1v) is 6.33. The summed E-state index contributed by atoms with van der Waals surface area (Å²) in [5, 5.41) is 9.31. The fourth-order valence-corrected chi connectivity index (χ4v) is 2.34. The molecule has 0 aliphatic carbocycles. The molecule has 2 aromatic rings. The predicted molar refractivity (Wildman–Crippen MR) is 73.7 cm³/mol. The van der Waals surface area contributed by atoms with Gasteiger partial charge < -0.3 is 14.6 Å². The van der Waals surface area contributed by atoms with E-state index < -0.39 is 0 Å². The van der Waals surface area contributed by atoms with Crippen LogP contribution in [0.25, 0.3) is 0 Å². The van der Waals surface area contributed by atoms with Gasteiger partial charge in [-0.1, -0.05) is 12.1 Å². The van der Waals surface area contributed by atoms with Gasteiger partial charge in [-0.15, -0.1) is 0 Å². The lowest BCUT2D eigenvalue weighted by molar-refractivity contribution is 0.0896. The number of hydrogen-bond acceptors (Lipinski definition) is 4. The average molecular weight is 270 g/mol. The van der Waals surface area contributed by atoms with Crippen molar-refractivity contribution in [3.8, 4) is 17.2 Å². The van der Waals surface area contributed by atoms with Gasteiger partial charge in [0.1, 0.15) is 23.9 Å². The van der Waals surface area contributed by atoms with Crippen molar-refractivity contribution in [2.75, 3.05) is 13.7 Å². The molecule has 1 aliphatic rings. The number of ether oxygens (including phenoxy) is 2. The van der Waals surface area contributed by atoms with E-state index in [4.69, 9.17) is 9.47 Å². The van der Waals surface area contributed by atoms with Crippen molar-refractivity contribution < 1.29 is 19.4 Å². The number of aromatic hydroxyl groups is 1. The van der Waals surface area contributed by atoms with Crippen molar-refractivity contribution in [3.63, 3.8) is 0 Å². The molecule has 1 N–H and O–H groups in total. The zero-order valence-electron chi connectivity index (χ0n) is 11.0. The lowest BCUT2D eigenvalue weighted by Crippen LogP contribution is -2.25. The summed E-state index contributed by atoms with van der Waals surface area (Å²) in [6.07, 6.45) is 0. The molecule has 0 fully saturated rings. The van der Waals surface area contributed by atoms with Gasteiger partial charge in [-0.3, -0.25) is 4.79 Å². The van der Waals surface area contributed by atoms with Crippen LogP contribution < -0.4 is 9.47 Å². The molecule has 2 aromatic carbocycles. The molecule has 0 saturated carbocycles. The van der Waals surface area contributed by atoms with E-state index in [1.807, 2.05) is 0 Å². The lowest BCUT2D eigenvalue weighted by Gasteiger charge is -2.24. The number of rotatable bonds is 2. The number of methoxy groups -OCH3 is 1. The van der Waals surface area contributed by atoms with Crippen LogP contribution in [0.5, 0.6) is 17.2 Å². The van der Waals surface area contributed by atoms with Crippen LogP contribution in [0.15, 0.2) is 42.5 Å². The van der Waals surface area contributed by atoms with E-state index in [2.05, 4.69) is 0 Å². The van der Waals surface area contributed by atoms with Crippen LogP contribution in [0.3, 0.4) is 0 Å². The van der Waals surface area contributed by atoms with Gasteiger partial charge in [0.15, 0.2) is 5.78 Å². The number of ketones is 1. The highest BCUT2D eigenvalue weighted by Crippen LogP contribution is 2.35. The molecule has 20 heavy (non-hydrogen) atoms. The Morgan fingerprint density at radius 3 is 2.65 bits per heavy atom. The van der Waals surface area contributed by atoms with E-state index in [0.29, 0.717) is 23.7 Å². The number of hydrogen-bond donors (Lipinski definition) is 1. The summed E-state index contributed by atoms with van der Waals surface area (Å²) in [7, 11) is 1.58. The van der Waals surface area contributed by atoms with Crippen molar-refractivity contribution in [1.82, 2.24) is 0 Å². The Balaban J connectivity index is 1.94. The Morgan fingerprint density at radius 2 is 1.95 bits per heavy atom. The Labute approximate surface area is 116 Å². The van der Waals surface area contributed by atoms with E-state index in [1.165, 1.54) is 0 Å². The monoisotopic (exact) mass is 270 g/mol. The molecular formula is C16H14O4. The number of carbonyl (C=O) groups excluding carboxylic acids is 1. The average Bonchev–Trinajstić information content (AvgIpc) is 2.48. The molecule has 1 atom stereocenters. The molecule has 0 saturated heterocycles. The van der Waals surface area contributed by atoms with Gasteiger partial charge in [-0.25, -0.2) is 0 Å². The third kappa shape index (κ3) is 2.09. The minimum absolute atomic E-state index is 0.0274. The van der Waals surface area contributed by atoms with E-state index in [0.717, 1.165) is 5.56 Å². The van der Waals surface area contributed by atoms with Crippen molar-refractivity contribution in [3.05, 3.63) is 53.6 Å². The van der Waals surface area contributed by atoms with Gasteiger partial charge in [0.25, 0.3) is 0 Å². The topological polar surface area (TPSA) is 55.8 Å². The van der Waals surface area contributed by atoms with Crippen LogP contribution in [0.2, 0.25) is 0 Å². The number of carbonyl (C=O) groups is 1. The second kappa shape index (κ2) is 4.89. The SMILES string of the molecule is COc1ccc2c(c1)OCC(c1ccc(O)cc1)C2=O. The van der Waals surface area contributed by atoms with Gasteiger partial charge in [-0.2, -0.15) is 0 Å². The molecule has 102 valence electrons. The highest BCUT2D eigenvalue weighted by Gasteiger charge is 2.30. The molecule has 4 nitrogen and oxygen atoms in total. The van der Waals surface area contributed by atoms with Gasteiger partial charge in [0.05, 0.1) is 18.6 Å². The van der Waals surface area contributed by atoms with E-state index in [9.17, 15) is 9.90 Å². The standard InChI is InChI=1S/C16H14O4/c1-19-12-6-7-13-15(8-12)20-9-14(16(13)18)10-2-4-11(17)5-3-10/h2-8,14,17H,9H2,1H3. The minimum Gasteiger partial charge on any atom is -0.508 e. The number of fused-ring (bicyclic) bond motifs is 1. The first kappa shape index (κ1) is 12.5. The number of phenols is 1. The molecule has 0 bridgehead atoms. The number of phenolic OH excluding ortho intramolecular Hbond substituents is 1. The number of Topliss-reactive ketones (excluding diaryl/α,β-unsaturated/α-hetero) is 1. The first-order valence-electron chi connectivity index (χ1n) is 6.33. The maximum atomic E-state index is 12.5. The van der Waals surface area contributed by atoms with Crippen molar-refractivity contribution in [1.29, 1.82) is 0 Å². The van der Waals surface area contributed by atoms with Crippen molar-refractivity contribution >= 4 is 5.78 Å². The minimum atomic E-state index is -0.337. The van der Waals surface area contributed by atoms with Gasteiger partial charge in [-0.05, 0) is 29.8 Å². The third-order valence-corrected chi connectivity index (χ3v) is 3.47. The fraction of sp³-hybridized carbons (Fsp3) is 0.188. The maximum Gasteiger partial charge on any atom is 0.177 e. The molecule has 3 rings (SSSR count). The summed E-state index contributed by atoms with van der Waals surface area (Å²) in [4.78, 5) is 12.5. The normalized spacial score (nSPS) is 17.2. The predicted octanol–water partition coefficient (Wildman–Crippen LogP) is 2.76. The van der Waals surface area contributed by atoms with E-state index >= 15 is 0 Å². The Kier molecular flexibility index (Phi) is 3.06. The molecule has 4 heteroatoms. The molecule has 0 spiro atoms. The number of benzene rings is 2. The van der Waals surface area contributed by atoms with Crippen LogP contribution in [-0.4, -0.2) is 24.6 Å². The molecule has 1 unspecified atom stereocenters. The summed E-state index contributed by atoms with van der Waals surface area (Å²) in [5.74, 6) is 1.10. The summed E-state index contributed by atoms with van der Waals surface area (Å²) < 4.78 is 10.8. The highest BCUT2D eigenvalue weighted by atomic mass is 16.5. The quantitative estimate of drug-likeness (QED) is 0.911. The van der Waals surface area contributed by atoms with Crippen LogP contribution in [0, 0.1) is 0 Å². The Bertz CT molecular complexity index is 646. The second-order valence-electron chi connectivity index (χ2n) is 4.68. The Morgan fingerprint density at radius 1 is 1.20 bits per heavy atom. The smallest absolute Gasteiger partial charge is 0.177 e. The Hall–Kier alpha value is -2.49. The summed E-state index contributed by atoms with van der Waals surface area (Å²) in [5.41, 5.74) is 1.41. The zero-order chi connectivity index (χ0) is 14.1. The van der Waals surface area contributed by atoms with Crippen LogP contribution in [0.4, 0.5) is 0 Å². The van der Waals surface area contributed by atoms with Crippen LogP contribution in [-0.2, 0) is 0 Å². The largest absolute Gasteiger partial charge is 0.508 e. The fourth-order valence-electron chi connectivity index (χ4n) is 2.34. The van der Waals surface area contributed by atoms with Gasteiger partial charge >= 0.3 is 0 Å². The summed E-state index contributed by atoms with van der Waals surface area (Å²) in [6, 6.07) is 11.8. The molecule has 0 amide bonds. The molecule has 1 heterocycles. The second-order valence-corrected chi connectivity index (χ2v) is 4.68. The van der Waals surface area contributed by atoms with Crippen LogP contribution >= 0.6 is 0 Å². The van der Waals surface area contributed by atoms with Crippen molar-refractivity contribution in [2.45, 2.75) is 5.92 Å². The molecule has 1 aliphatic heterocycles. The van der Waals surface area contributed by atoms with Gasteiger partial charge in [0.2, 0.25) is 0 Å². The summed E-state index contributed by atoms with van der Waals surface area (Å²) in [6.45, 7) is 0.295. The maximum absolute atomic E-state index is 12.5. The lowest BCUT2D eigenvalue weighted by atomic mass is 9.89. The van der Waals surface area contributed by atoms with Gasteiger partial charge in [0, 0.05) is 6.07 Å². The highest BCUT2D eigenvalue weighted by molar-refractivity contribution is 6.04. The van der Waals surface area contributed by atoms with E-state index in [-0.39, 0.29) is 17.5 Å².